The second kappa shape index (κ2) is 5.44. The molecule has 0 aliphatic carbocycles. The van der Waals surface area contributed by atoms with Crippen molar-refractivity contribution in [2.45, 2.75) is 32.2 Å². The van der Waals surface area contributed by atoms with Crippen molar-refractivity contribution in [3.8, 4) is 0 Å². The number of ether oxygens (including phenoxy) is 1. The predicted octanol–water partition coefficient (Wildman–Crippen LogP) is 2.95. The molecule has 0 unspecified atom stereocenters. The van der Waals surface area contributed by atoms with E-state index in [1.54, 1.807) is 4.90 Å². The number of halogens is 3. The number of amides is 1. The monoisotopic (exact) mass is 287 g/mol. The Labute approximate surface area is 115 Å². The number of carbonyl (C=O) groups excluding carboxylic acids is 1. The maximum absolute atomic E-state index is 12.5. The summed E-state index contributed by atoms with van der Waals surface area (Å²) >= 11 is 0. The van der Waals surface area contributed by atoms with Gasteiger partial charge in [0.05, 0.1) is 17.8 Å². The van der Waals surface area contributed by atoms with E-state index >= 15 is 0 Å². The highest BCUT2D eigenvalue weighted by atomic mass is 19.4. The number of morpholine rings is 1. The van der Waals surface area contributed by atoms with Crippen LogP contribution in [-0.4, -0.2) is 36.1 Å². The minimum absolute atomic E-state index is 0.0721. The highest BCUT2D eigenvalue weighted by Crippen LogP contribution is 2.29. The van der Waals surface area contributed by atoms with Gasteiger partial charge in [-0.05, 0) is 38.1 Å². The molecule has 0 aromatic heterocycles. The number of hydrogen-bond acceptors (Lipinski definition) is 2. The number of carbonyl (C=O) groups is 1. The molecule has 1 saturated heterocycles. The molecule has 1 aromatic rings. The normalized spacial score (nSPS) is 23.8. The molecule has 1 amide bonds. The van der Waals surface area contributed by atoms with Crippen LogP contribution in [0.4, 0.5) is 13.2 Å². The maximum Gasteiger partial charge on any atom is 0.416 e. The molecular weight excluding hydrogens is 271 g/mol. The summed E-state index contributed by atoms with van der Waals surface area (Å²) in [5.74, 6) is -0.263. The number of alkyl halides is 3. The standard InChI is InChI=1S/C14H16F3NO2/c1-9-7-18(8-10(2)20-9)13(19)11-3-5-12(6-4-11)14(15,16)17/h3-6,9-10H,7-8H2,1-2H3/t9-,10-/m1/s1. The summed E-state index contributed by atoms with van der Waals surface area (Å²) in [5, 5.41) is 0. The van der Waals surface area contributed by atoms with Crippen LogP contribution in [0.3, 0.4) is 0 Å². The van der Waals surface area contributed by atoms with Gasteiger partial charge in [-0.25, -0.2) is 0 Å². The minimum Gasteiger partial charge on any atom is -0.372 e. The Balaban J connectivity index is 2.13. The van der Waals surface area contributed by atoms with Gasteiger partial charge in [0.2, 0.25) is 0 Å². The molecule has 0 bridgehead atoms. The largest absolute Gasteiger partial charge is 0.416 e. The van der Waals surface area contributed by atoms with Crippen LogP contribution in [-0.2, 0) is 10.9 Å². The second-order valence-corrected chi connectivity index (χ2v) is 5.04. The average molecular weight is 287 g/mol. The van der Waals surface area contributed by atoms with E-state index in [9.17, 15) is 18.0 Å². The molecule has 110 valence electrons. The quantitative estimate of drug-likeness (QED) is 0.794. The van der Waals surface area contributed by atoms with Crippen LogP contribution < -0.4 is 0 Å². The van der Waals surface area contributed by atoms with Crippen LogP contribution in [0.1, 0.15) is 29.8 Å². The topological polar surface area (TPSA) is 29.5 Å². The fourth-order valence-corrected chi connectivity index (χ4v) is 2.33. The molecule has 1 fully saturated rings. The van der Waals surface area contributed by atoms with Crippen molar-refractivity contribution in [3.05, 3.63) is 35.4 Å². The predicted molar refractivity (Wildman–Crippen MR) is 67.4 cm³/mol. The third-order valence-electron chi connectivity index (χ3n) is 3.17. The van der Waals surface area contributed by atoms with Gasteiger partial charge in [0, 0.05) is 18.7 Å². The molecule has 1 aliphatic rings. The summed E-state index contributed by atoms with van der Waals surface area (Å²) in [6, 6.07) is 4.30. The van der Waals surface area contributed by atoms with Gasteiger partial charge in [-0.15, -0.1) is 0 Å². The van der Waals surface area contributed by atoms with Crippen LogP contribution in [0.2, 0.25) is 0 Å². The third kappa shape index (κ3) is 3.30. The highest BCUT2D eigenvalue weighted by Gasteiger charge is 2.31. The number of rotatable bonds is 1. The molecule has 1 aliphatic heterocycles. The Morgan fingerprint density at radius 3 is 2.10 bits per heavy atom. The first-order valence-electron chi connectivity index (χ1n) is 6.39. The Morgan fingerprint density at radius 1 is 1.15 bits per heavy atom. The van der Waals surface area contributed by atoms with Crippen LogP contribution in [0, 0.1) is 0 Å². The lowest BCUT2D eigenvalue weighted by Crippen LogP contribution is -2.48. The first-order valence-corrected chi connectivity index (χ1v) is 6.39. The van der Waals surface area contributed by atoms with Gasteiger partial charge in [0.15, 0.2) is 0 Å². The Hall–Kier alpha value is -1.56. The summed E-state index contributed by atoms with van der Waals surface area (Å²) in [6.45, 7) is 4.62. The van der Waals surface area contributed by atoms with Gasteiger partial charge in [0.25, 0.3) is 5.91 Å². The van der Waals surface area contributed by atoms with E-state index < -0.39 is 11.7 Å². The molecule has 2 rings (SSSR count). The Bertz CT molecular complexity index is 474. The molecule has 6 heteroatoms. The molecular formula is C14H16F3NO2. The van der Waals surface area contributed by atoms with Gasteiger partial charge in [0.1, 0.15) is 0 Å². The summed E-state index contributed by atoms with van der Waals surface area (Å²) in [7, 11) is 0. The van der Waals surface area contributed by atoms with Crippen LogP contribution in [0.15, 0.2) is 24.3 Å². The molecule has 20 heavy (non-hydrogen) atoms. The molecule has 1 aromatic carbocycles. The molecule has 0 N–H and O–H groups in total. The molecule has 0 radical (unpaired) electrons. The van der Waals surface area contributed by atoms with Gasteiger partial charge in [-0.2, -0.15) is 13.2 Å². The van der Waals surface area contributed by atoms with Crippen LogP contribution in [0.25, 0.3) is 0 Å². The Morgan fingerprint density at radius 2 is 1.65 bits per heavy atom. The summed E-state index contributed by atoms with van der Waals surface area (Å²) < 4.78 is 42.9. The van der Waals surface area contributed by atoms with E-state index in [0.29, 0.717) is 13.1 Å². The lowest BCUT2D eigenvalue weighted by Gasteiger charge is -2.35. The fourth-order valence-electron chi connectivity index (χ4n) is 2.33. The molecule has 0 spiro atoms. The lowest BCUT2D eigenvalue weighted by molar-refractivity contribution is -0.137. The number of hydrogen-bond donors (Lipinski definition) is 0. The molecule has 1 heterocycles. The van der Waals surface area contributed by atoms with Gasteiger partial charge in [-0.1, -0.05) is 0 Å². The molecule has 0 saturated carbocycles. The summed E-state index contributed by atoms with van der Waals surface area (Å²) in [4.78, 5) is 13.9. The van der Waals surface area contributed by atoms with E-state index in [1.807, 2.05) is 13.8 Å². The van der Waals surface area contributed by atoms with Crippen molar-refractivity contribution < 1.29 is 22.7 Å². The van der Waals surface area contributed by atoms with Crippen molar-refractivity contribution in [2.24, 2.45) is 0 Å². The molecule has 3 nitrogen and oxygen atoms in total. The van der Waals surface area contributed by atoms with E-state index in [1.165, 1.54) is 12.1 Å². The summed E-state index contributed by atoms with van der Waals surface area (Å²) in [6.07, 6.45) is -4.53. The zero-order valence-corrected chi connectivity index (χ0v) is 11.3. The second-order valence-electron chi connectivity index (χ2n) is 5.04. The van der Waals surface area contributed by atoms with E-state index in [0.717, 1.165) is 12.1 Å². The van der Waals surface area contributed by atoms with Crippen LogP contribution in [0.5, 0.6) is 0 Å². The summed E-state index contributed by atoms with van der Waals surface area (Å²) in [5.41, 5.74) is -0.489. The minimum atomic E-state index is -4.39. The van der Waals surface area contributed by atoms with Crippen molar-refractivity contribution in [2.75, 3.05) is 13.1 Å². The number of benzene rings is 1. The van der Waals surface area contributed by atoms with E-state index in [4.69, 9.17) is 4.74 Å². The molecule has 2 atom stereocenters. The van der Waals surface area contributed by atoms with Crippen molar-refractivity contribution >= 4 is 5.91 Å². The van der Waals surface area contributed by atoms with E-state index in [-0.39, 0.29) is 23.7 Å². The fraction of sp³-hybridized carbons (Fsp3) is 0.500. The lowest BCUT2D eigenvalue weighted by atomic mass is 10.1. The zero-order valence-electron chi connectivity index (χ0n) is 11.3. The first kappa shape index (κ1) is 14.8. The van der Waals surface area contributed by atoms with Crippen LogP contribution >= 0.6 is 0 Å². The van der Waals surface area contributed by atoms with Crippen molar-refractivity contribution in [1.82, 2.24) is 4.90 Å². The van der Waals surface area contributed by atoms with Crippen molar-refractivity contribution in [1.29, 1.82) is 0 Å². The van der Waals surface area contributed by atoms with Gasteiger partial charge >= 0.3 is 6.18 Å². The first-order chi connectivity index (χ1) is 9.27. The highest BCUT2D eigenvalue weighted by molar-refractivity contribution is 5.94. The number of nitrogens with zero attached hydrogens (tertiary/aromatic N) is 1. The third-order valence-corrected chi connectivity index (χ3v) is 3.17. The van der Waals surface area contributed by atoms with Gasteiger partial charge < -0.3 is 9.64 Å². The zero-order chi connectivity index (χ0) is 14.9. The maximum atomic E-state index is 12.5. The van der Waals surface area contributed by atoms with Gasteiger partial charge in [-0.3, -0.25) is 4.79 Å². The Kier molecular flexibility index (Phi) is 4.04. The van der Waals surface area contributed by atoms with Crippen molar-refractivity contribution in [3.63, 3.8) is 0 Å². The van der Waals surface area contributed by atoms with E-state index in [2.05, 4.69) is 0 Å². The SMILES string of the molecule is C[C@@H]1CN(C(=O)c2ccc(C(F)(F)F)cc2)C[C@@H](C)O1. The smallest absolute Gasteiger partial charge is 0.372 e. The average Bonchev–Trinajstić information content (AvgIpc) is 2.36.